The molecule has 6 nitrogen and oxygen atoms in total. The molecular weight excluding hydrogens is 284 g/mol. The molecule has 2 N–H and O–H groups in total. The molecule has 1 aromatic rings. The van der Waals surface area contributed by atoms with E-state index in [9.17, 15) is 9.59 Å². The summed E-state index contributed by atoms with van der Waals surface area (Å²) < 4.78 is 5.31. The third-order valence-corrected chi connectivity index (χ3v) is 3.91. The number of carbonyl (C=O) groups is 2. The number of aliphatic hydroxyl groups excluding tert-OH is 1. The van der Waals surface area contributed by atoms with E-state index >= 15 is 0 Å². The Balaban J connectivity index is 2.31. The predicted octanol–water partition coefficient (Wildman–Crippen LogP) is 0.635. The van der Waals surface area contributed by atoms with Crippen LogP contribution in [0.4, 0.5) is 0 Å². The third kappa shape index (κ3) is 3.06. The van der Waals surface area contributed by atoms with Crippen LogP contribution < -0.4 is 10.1 Å². The van der Waals surface area contributed by atoms with E-state index < -0.39 is 6.04 Å². The number of aryl methyl sites for hydroxylation is 2. The van der Waals surface area contributed by atoms with E-state index in [1.807, 2.05) is 13.8 Å². The van der Waals surface area contributed by atoms with Crippen LogP contribution in [0.1, 0.15) is 27.9 Å². The number of methoxy groups -OCH3 is 1. The van der Waals surface area contributed by atoms with E-state index in [-0.39, 0.29) is 24.8 Å². The topological polar surface area (TPSA) is 78.9 Å². The lowest BCUT2D eigenvalue weighted by Crippen LogP contribution is -2.57. The molecule has 1 saturated heterocycles. The van der Waals surface area contributed by atoms with Crippen LogP contribution in [0.5, 0.6) is 5.75 Å². The molecule has 0 radical (unpaired) electrons. The van der Waals surface area contributed by atoms with Crippen LogP contribution in [-0.4, -0.2) is 54.7 Å². The van der Waals surface area contributed by atoms with Gasteiger partial charge >= 0.3 is 0 Å². The van der Waals surface area contributed by atoms with Gasteiger partial charge in [0, 0.05) is 25.3 Å². The molecule has 2 rings (SSSR count). The van der Waals surface area contributed by atoms with Crippen molar-refractivity contribution in [2.24, 2.45) is 0 Å². The molecular formula is C16H22N2O4. The van der Waals surface area contributed by atoms with Crippen molar-refractivity contribution in [3.8, 4) is 5.75 Å². The molecule has 1 aliphatic heterocycles. The largest absolute Gasteiger partial charge is 0.496 e. The molecule has 6 heteroatoms. The molecule has 120 valence electrons. The van der Waals surface area contributed by atoms with Gasteiger partial charge in [-0.1, -0.05) is 0 Å². The Bertz CT molecular complexity index is 563. The molecule has 0 saturated carbocycles. The molecule has 1 aliphatic rings. The second-order valence-electron chi connectivity index (χ2n) is 5.46. The predicted molar refractivity (Wildman–Crippen MR) is 82.0 cm³/mol. The van der Waals surface area contributed by atoms with Crippen molar-refractivity contribution in [1.29, 1.82) is 0 Å². The summed E-state index contributed by atoms with van der Waals surface area (Å²) >= 11 is 0. The Morgan fingerprint density at radius 2 is 2.05 bits per heavy atom. The quantitative estimate of drug-likeness (QED) is 0.855. The first kappa shape index (κ1) is 16.3. The van der Waals surface area contributed by atoms with Crippen LogP contribution >= 0.6 is 0 Å². The summed E-state index contributed by atoms with van der Waals surface area (Å²) in [4.78, 5) is 26.2. The number of aliphatic hydroxyl groups is 1. The first-order valence-corrected chi connectivity index (χ1v) is 7.34. The molecule has 1 aromatic carbocycles. The summed E-state index contributed by atoms with van der Waals surface area (Å²) in [6.45, 7) is 4.51. The van der Waals surface area contributed by atoms with Crippen LogP contribution in [0.15, 0.2) is 12.1 Å². The Morgan fingerprint density at radius 3 is 2.59 bits per heavy atom. The fraction of sp³-hybridized carbons (Fsp3) is 0.500. The fourth-order valence-electron chi connectivity index (χ4n) is 2.93. The van der Waals surface area contributed by atoms with Gasteiger partial charge in [-0.2, -0.15) is 0 Å². The molecule has 1 atom stereocenters. The van der Waals surface area contributed by atoms with E-state index in [0.29, 0.717) is 18.7 Å². The maximum absolute atomic E-state index is 12.8. The number of carbonyl (C=O) groups excluding carboxylic acids is 2. The number of nitrogens with zero attached hydrogens (tertiary/aromatic N) is 1. The Morgan fingerprint density at radius 1 is 1.41 bits per heavy atom. The van der Waals surface area contributed by atoms with E-state index in [1.54, 1.807) is 19.2 Å². The number of piperazine rings is 1. The fourth-order valence-corrected chi connectivity index (χ4v) is 2.93. The number of hydrogen-bond donors (Lipinski definition) is 2. The molecule has 0 aromatic heterocycles. The summed E-state index contributed by atoms with van der Waals surface area (Å²) in [6.07, 6.45) is 0.242. The standard InChI is InChI=1S/C16H22N2O4/c1-10-8-12(9-11(2)14(10)22-3)16(21)18-6-5-17-15(20)13(18)4-7-19/h8-9,13,19H,4-7H2,1-3H3,(H,17,20)/t13-/m1/s1. The first-order chi connectivity index (χ1) is 10.5. The van der Waals surface area contributed by atoms with Gasteiger partial charge in [-0.15, -0.1) is 0 Å². The van der Waals surface area contributed by atoms with Crippen molar-refractivity contribution in [1.82, 2.24) is 10.2 Å². The summed E-state index contributed by atoms with van der Waals surface area (Å²) in [5.41, 5.74) is 2.30. The zero-order valence-electron chi connectivity index (χ0n) is 13.2. The monoisotopic (exact) mass is 306 g/mol. The van der Waals surface area contributed by atoms with E-state index in [1.165, 1.54) is 4.90 Å². The van der Waals surface area contributed by atoms with E-state index in [0.717, 1.165) is 16.9 Å². The first-order valence-electron chi connectivity index (χ1n) is 7.34. The van der Waals surface area contributed by atoms with Crippen LogP contribution in [0.2, 0.25) is 0 Å². The summed E-state index contributed by atoms with van der Waals surface area (Å²) in [5, 5.41) is 11.9. The third-order valence-electron chi connectivity index (χ3n) is 3.91. The molecule has 0 aliphatic carbocycles. The highest BCUT2D eigenvalue weighted by atomic mass is 16.5. The van der Waals surface area contributed by atoms with Gasteiger partial charge in [-0.05, 0) is 43.5 Å². The Hall–Kier alpha value is -2.08. The summed E-state index contributed by atoms with van der Waals surface area (Å²) in [7, 11) is 1.60. The van der Waals surface area contributed by atoms with Crippen molar-refractivity contribution >= 4 is 11.8 Å². The Labute approximate surface area is 130 Å². The minimum Gasteiger partial charge on any atom is -0.496 e. The van der Waals surface area contributed by atoms with Crippen molar-refractivity contribution in [2.75, 3.05) is 26.8 Å². The second-order valence-corrected chi connectivity index (χ2v) is 5.46. The molecule has 2 amide bonds. The second kappa shape index (κ2) is 6.79. The normalized spacial score (nSPS) is 18.1. The van der Waals surface area contributed by atoms with Gasteiger partial charge in [0.15, 0.2) is 0 Å². The van der Waals surface area contributed by atoms with Crippen molar-refractivity contribution < 1.29 is 19.4 Å². The highest BCUT2D eigenvalue weighted by Gasteiger charge is 2.33. The van der Waals surface area contributed by atoms with Gasteiger partial charge in [0.1, 0.15) is 11.8 Å². The zero-order chi connectivity index (χ0) is 16.3. The zero-order valence-corrected chi connectivity index (χ0v) is 13.2. The van der Waals surface area contributed by atoms with E-state index in [4.69, 9.17) is 9.84 Å². The lowest BCUT2D eigenvalue weighted by atomic mass is 10.0. The maximum Gasteiger partial charge on any atom is 0.254 e. The number of rotatable bonds is 4. The number of hydrogen-bond acceptors (Lipinski definition) is 4. The lowest BCUT2D eigenvalue weighted by Gasteiger charge is -2.35. The van der Waals surface area contributed by atoms with Gasteiger partial charge in [-0.25, -0.2) is 0 Å². The van der Waals surface area contributed by atoms with Crippen LogP contribution in [-0.2, 0) is 4.79 Å². The Kier molecular flexibility index (Phi) is 5.03. The van der Waals surface area contributed by atoms with Crippen LogP contribution in [0.3, 0.4) is 0 Å². The minimum atomic E-state index is -0.617. The molecule has 1 heterocycles. The lowest BCUT2D eigenvalue weighted by molar-refractivity contribution is -0.128. The van der Waals surface area contributed by atoms with Gasteiger partial charge < -0.3 is 20.1 Å². The highest BCUT2D eigenvalue weighted by molar-refractivity contribution is 5.98. The molecule has 1 fully saturated rings. The van der Waals surface area contributed by atoms with Crippen molar-refractivity contribution in [2.45, 2.75) is 26.3 Å². The number of ether oxygens (including phenoxy) is 1. The number of benzene rings is 1. The van der Waals surface area contributed by atoms with Gasteiger partial charge in [0.05, 0.1) is 7.11 Å². The minimum absolute atomic E-state index is 0.136. The van der Waals surface area contributed by atoms with Gasteiger partial charge in [0.25, 0.3) is 5.91 Å². The van der Waals surface area contributed by atoms with Gasteiger partial charge in [0.2, 0.25) is 5.91 Å². The molecule has 0 spiro atoms. The maximum atomic E-state index is 12.8. The average molecular weight is 306 g/mol. The van der Waals surface area contributed by atoms with Crippen LogP contribution in [0.25, 0.3) is 0 Å². The highest BCUT2D eigenvalue weighted by Crippen LogP contribution is 2.25. The molecule has 0 unspecified atom stereocenters. The molecule has 0 bridgehead atoms. The van der Waals surface area contributed by atoms with Crippen molar-refractivity contribution in [3.05, 3.63) is 28.8 Å². The van der Waals surface area contributed by atoms with Crippen LogP contribution in [0, 0.1) is 13.8 Å². The molecule has 22 heavy (non-hydrogen) atoms. The van der Waals surface area contributed by atoms with Crippen molar-refractivity contribution in [3.63, 3.8) is 0 Å². The number of amides is 2. The van der Waals surface area contributed by atoms with E-state index in [2.05, 4.69) is 5.32 Å². The summed E-state index contributed by atoms with van der Waals surface area (Å²) in [5.74, 6) is 0.359. The average Bonchev–Trinajstić information content (AvgIpc) is 2.48. The number of nitrogens with one attached hydrogen (secondary N) is 1. The summed E-state index contributed by atoms with van der Waals surface area (Å²) in [6, 6.07) is 2.93. The SMILES string of the molecule is COc1c(C)cc(C(=O)N2CCNC(=O)[C@H]2CCO)cc1C. The van der Waals surface area contributed by atoms with Gasteiger partial charge in [-0.3, -0.25) is 9.59 Å². The smallest absolute Gasteiger partial charge is 0.254 e.